The maximum Gasteiger partial charge on any atom is 0.235 e. The molecule has 0 aliphatic carbocycles. The van der Waals surface area contributed by atoms with E-state index in [1.54, 1.807) is 4.68 Å². The average molecular weight is 452 g/mol. The third kappa shape index (κ3) is 4.40. The van der Waals surface area contributed by atoms with E-state index in [1.165, 1.54) is 11.8 Å². The predicted molar refractivity (Wildman–Crippen MR) is 121 cm³/mol. The number of hydrogen-bond donors (Lipinski definition) is 1. The van der Waals surface area contributed by atoms with Crippen LogP contribution in [0.5, 0.6) is 0 Å². The number of amides is 1. The summed E-state index contributed by atoms with van der Waals surface area (Å²) in [5.41, 5.74) is 4.22. The van der Waals surface area contributed by atoms with Crippen LogP contribution in [-0.2, 0) is 16.1 Å². The summed E-state index contributed by atoms with van der Waals surface area (Å²) in [6.45, 7) is 7.21. The van der Waals surface area contributed by atoms with Crippen LogP contribution in [0, 0.1) is 32.1 Å². The molecule has 0 bridgehead atoms. The van der Waals surface area contributed by atoms with Gasteiger partial charge >= 0.3 is 0 Å². The van der Waals surface area contributed by atoms with E-state index in [9.17, 15) is 10.1 Å². The van der Waals surface area contributed by atoms with Gasteiger partial charge in [0.05, 0.1) is 29.7 Å². The minimum Gasteiger partial charge on any atom is -0.376 e. The number of ether oxygens (including phenoxy) is 1. The number of carbonyl (C=O) groups is 1. The SMILES string of the molecule is Cc1ccccc1-n1nnnc1SCC(=O)Nc1c(C#N)c(C)c(C)n1C[C@H]1CCCO1. The normalized spacial score (nSPS) is 15.6. The Bertz CT molecular complexity index is 1170. The van der Waals surface area contributed by atoms with Gasteiger partial charge in [0.2, 0.25) is 11.1 Å². The molecule has 1 amide bonds. The van der Waals surface area contributed by atoms with Crippen molar-refractivity contribution in [1.29, 1.82) is 5.26 Å². The monoisotopic (exact) mass is 451 g/mol. The summed E-state index contributed by atoms with van der Waals surface area (Å²) < 4.78 is 9.39. The van der Waals surface area contributed by atoms with Crippen molar-refractivity contribution in [3.05, 3.63) is 46.6 Å². The van der Waals surface area contributed by atoms with Gasteiger partial charge in [-0.2, -0.15) is 9.94 Å². The minimum absolute atomic E-state index is 0.0933. The first kappa shape index (κ1) is 22.0. The first-order valence-corrected chi connectivity index (χ1v) is 11.5. The molecular formula is C22H25N7O2S. The van der Waals surface area contributed by atoms with Crippen molar-refractivity contribution in [3.63, 3.8) is 0 Å². The summed E-state index contributed by atoms with van der Waals surface area (Å²) in [6, 6.07) is 10.0. The maximum absolute atomic E-state index is 12.8. The molecule has 1 saturated heterocycles. The Hall–Kier alpha value is -3.16. The highest BCUT2D eigenvalue weighted by Gasteiger charge is 2.24. The summed E-state index contributed by atoms with van der Waals surface area (Å²) >= 11 is 1.25. The molecule has 1 fully saturated rings. The standard InChI is InChI=1S/C22H25N7O2S/c1-14-7-4-5-9-19(14)29-22(25-26-27-29)32-13-20(30)24-21-18(11-23)15(2)16(3)28(21)12-17-8-6-10-31-17/h4-5,7,9,17H,6,8,10,12-13H2,1-3H3,(H,24,30)/t17-/m1/s1. The molecule has 0 radical (unpaired) electrons. The molecule has 2 aromatic heterocycles. The van der Waals surface area contributed by atoms with E-state index in [-0.39, 0.29) is 17.8 Å². The first-order valence-electron chi connectivity index (χ1n) is 10.5. The quantitative estimate of drug-likeness (QED) is 0.549. The van der Waals surface area contributed by atoms with Crippen LogP contribution in [0.1, 0.15) is 35.2 Å². The molecule has 1 aromatic carbocycles. The van der Waals surface area contributed by atoms with Gasteiger partial charge in [0.1, 0.15) is 11.9 Å². The van der Waals surface area contributed by atoms with Crippen molar-refractivity contribution >= 4 is 23.5 Å². The lowest BCUT2D eigenvalue weighted by Gasteiger charge is -2.16. The Morgan fingerprint density at radius 3 is 2.88 bits per heavy atom. The van der Waals surface area contributed by atoms with Crippen LogP contribution in [0.3, 0.4) is 0 Å². The highest BCUT2D eigenvalue weighted by Crippen LogP contribution is 2.29. The maximum atomic E-state index is 12.8. The number of carbonyl (C=O) groups excluding carboxylic acids is 1. The molecule has 1 atom stereocenters. The van der Waals surface area contributed by atoms with Gasteiger partial charge < -0.3 is 14.6 Å². The smallest absolute Gasteiger partial charge is 0.235 e. The van der Waals surface area contributed by atoms with Gasteiger partial charge in [0.25, 0.3) is 0 Å². The molecule has 1 aliphatic heterocycles. The Labute approximate surface area is 190 Å². The highest BCUT2D eigenvalue weighted by atomic mass is 32.2. The molecule has 4 rings (SSSR count). The van der Waals surface area contributed by atoms with Gasteiger partial charge in [0, 0.05) is 12.3 Å². The number of anilines is 1. The van der Waals surface area contributed by atoms with Crippen LogP contribution in [0.25, 0.3) is 5.69 Å². The van der Waals surface area contributed by atoms with E-state index in [0.29, 0.717) is 23.1 Å². The van der Waals surface area contributed by atoms with Gasteiger partial charge in [-0.1, -0.05) is 30.0 Å². The van der Waals surface area contributed by atoms with Crippen molar-refractivity contribution in [1.82, 2.24) is 24.8 Å². The second kappa shape index (κ2) is 9.54. The zero-order valence-electron chi connectivity index (χ0n) is 18.3. The lowest BCUT2D eigenvalue weighted by atomic mass is 10.2. The van der Waals surface area contributed by atoms with Crippen molar-refractivity contribution in [3.8, 4) is 11.8 Å². The van der Waals surface area contributed by atoms with Crippen LogP contribution in [0.2, 0.25) is 0 Å². The number of benzene rings is 1. The van der Waals surface area contributed by atoms with Gasteiger partial charge in [-0.25, -0.2) is 0 Å². The number of aryl methyl sites for hydroxylation is 1. The van der Waals surface area contributed by atoms with Crippen LogP contribution < -0.4 is 5.32 Å². The van der Waals surface area contributed by atoms with E-state index in [0.717, 1.165) is 42.0 Å². The summed E-state index contributed by atoms with van der Waals surface area (Å²) in [6.07, 6.45) is 2.10. The van der Waals surface area contributed by atoms with Crippen LogP contribution in [-0.4, -0.2) is 49.1 Å². The molecule has 10 heteroatoms. The molecule has 1 N–H and O–H groups in total. The number of thioether (sulfide) groups is 1. The van der Waals surface area contributed by atoms with E-state index in [4.69, 9.17) is 4.74 Å². The minimum atomic E-state index is -0.225. The number of aromatic nitrogens is 5. The van der Waals surface area contributed by atoms with E-state index in [1.807, 2.05) is 49.6 Å². The van der Waals surface area contributed by atoms with Gasteiger partial charge in [-0.05, 0) is 61.2 Å². The molecule has 0 spiro atoms. The second-order valence-electron chi connectivity index (χ2n) is 7.79. The lowest BCUT2D eigenvalue weighted by Crippen LogP contribution is -2.22. The number of rotatable bonds is 7. The van der Waals surface area contributed by atoms with Crippen LogP contribution in [0.15, 0.2) is 29.4 Å². The molecule has 32 heavy (non-hydrogen) atoms. The third-order valence-electron chi connectivity index (χ3n) is 5.73. The Balaban J connectivity index is 1.50. The van der Waals surface area contributed by atoms with Gasteiger partial charge in [0.15, 0.2) is 0 Å². The number of nitrogens with one attached hydrogen (secondary N) is 1. The van der Waals surface area contributed by atoms with E-state index < -0.39 is 0 Å². The second-order valence-corrected chi connectivity index (χ2v) is 8.73. The fraction of sp³-hybridized carbons (Fsp3) is 0.409. The molecule has 3 heterocycles. The molecule has 0 unspecified atom stereocenters. The first-order chi connectivity index (χ1) is 15.5. The molecular weight excluding hydrogens is 426 g/mol. The Morgan fingerprint density at radius 1 is 1.34 bits per heavy atom. The summed E-state index contributed by atoms with van der Waals surface area (Å²) in [7, 11) is 0. The fourth-order valence-corrected chi connectivity index (χ4v) is 4.55. The van der Waals surface area contributed by atoms with Gasteiger partial charge in [-0.15, -0.1) is 5.10 Å². The van der Waals surface area contributed by atoms with Crippen molar-refractivity contribution in [2.45, 2.75) is 51.4 Å². The number of para-hydroxylation sites is 1. The van der Waals surface area contributed by atoms with Crippen LogP contribution >= 0.6 is 11.8 Å². The number of nitriles is 1. The largest absolute Gasteiger partial charge is 0.376 e. The van der Waals surface area contributed by atoms with Crippen molar-refractivity contribution in [2.75, 3.05) is 17.7 Å². The lowest BCUT2D eigenvalue weighted by molar-refractivity contribution is -0.113. The van der Waals surface area contributed by atoms with Crippen molar-refractivity contribution < 1.29 is 9.53 Å². The highest BCUT2D eigenvalue weighted by molar-refractivity contribution is 7.99. The van der Waals surface area contributed by atoms with Crippen molar-refractivity contribution in [2.24, 2.45) is 0 Å². The van der Waals surface area contributed by atoms with E-state index in [2.05, 4.69) is 26.9 Å². The zero-order chi connectivity index (χ0) is 22.7. The molecule has 9 nitrogen and oxygen atoms in total. The predicted octanol–water partition coefficient (Wildman–Crippen LogP) is 3.17. The summed E-state index contributed by atoms with van der Waals surface area (Å²) in [4.78, 5) is 12.8. The molecule has 3 aromatic rings. The molecule has 1 aliphatic rings. The molecule has 0 saturated carbocycles. The number of nitrogens with zero attached hydrogens (tertiary/aromatic N) is 6. The molecule has 166 valence electrons. The summed E-state index contributed by atoms with van der Waals surface area (Å²) in [5, 5.41) is 25.1. The van der Waals surface area contributed by atoms with E-state index >= 15 is 0 Å². The Morgan fingerprint density at radius 2 is 2.16 bits per heavy atom. The third-order valence-corrected chi connectivity index (χ3v) is 6.65. The zero-order valence-corrected chi connectivity index (χ0v) is 19.1. The topological polar surface area (TPSA) is 111 Å². The van der Waals surface area contributed by atoms with Gasteiger partial charge in [-0.3, -0.25) is 4.79 Å². The Kier molecular flexibility index (Phi) is 6.58. The average Bonchev–Trinajstić information content (AvgIpc) is 3.51. The number of hydrogen-bond acceptors (Lipinski definition) is 7. The summed E-state index contributed by atoms with van der Waals surface area (Å²) in [5.74, 6) is 0.416. The fourth-order valence-electron chi connectivity index (χ4n) is 3.87. The van der Waals surface area contributed by atoms with Crippen LogP contribution in [0.4, 0.5) is 5.82 Å². The number of tetrazole rings is 1.